The second-order valence-corrected chi connectivity index (χ2v) is 25.1. The van der Waals surface area contributed by atoms with Crippen molar-refractivity contribution < 1.29 is 25.8 Å². The summed E-state index contributed by atoms with van der Waals surface area (Å²) in [6, 6.07) is 76.2. The summed E-state index contributed by atoms with van der Waals surface area (Å²) in [5.74, 6) is 2.58. The van der Waals surface area contributed by atoms with E-state index < -0.39 is 0 Å². The number of rotatable bonds is 10. The van der Waals surface area contributed by atoms with E-state index in [-0.39, 0.29) is 43.7 Å². The van der Waals surface area contributed by atoms with E-state index in [1.165, 1.54) is 53.4 Å². The molecule has 0 N–H and O–H groups in total. The molecule has 406 valence electrons. The molecule has 0 unspecified atom stereocenters. The van der Waals surface area contributed by atoms with Crippen molar-refractivity contribution in [1.82, 2.24) is 9.55 Å². The molecule has 0 spiro atoms. The van der Waals surface area contributed by atoms with Crippen LogP contribution in [0.5, 0.6) is 11.5 Å². The average Bonchev–Trinajstić information content (AvgIpc) is 4.20. The molecule has 1 aliphatic rings. The molecule has 4 heterocycles. The maximum atomic E-state index is 7.25. The number of nitrogens with zero attached hydrogens (tertiary/aromatic N) is 4. The molecule has 81 heavy (non-hydrogen) atoms. The van der Waals surface area contributed by atoms with E-state index in [1.807, 2.05) is 17.5 Å². The number of anilines is 4. The number of hydrogen-bond acceptors (Lipinski definition) is 5. The monoisotopic (exact) mass is 1250 g/mol. The molecule has 1 aliphatic heterocycles. The molecule has 0 saturated heterocycles. The predicted octanol–water partition coefficient (Wildman–Crippen LogP) is 21.2. The van der Waals surface area contributed by atoms with Crippen LogP contribution in [-0.4, -0.2) is 9.55 Å². The normalized spacial score (nSPS) is 12.8. The van der Waals surface area contributed by atoms with Gasteiger partial charge < -0.3 is 19.1 Å². The summed E-state index contributed by atoms with van der Waals surface area (Å²) < 4.78 is 12.1. The van der Waals surface area contributed by atoms with Crippen LogP contribution in [0.3, 0.4) is 0 Å². The molecule has 13 rings (SSSR count). The van der Waals surface area contributed by atoms with Gasteiger partial charge in [0.05, 0.1) is 0 Å². The Labute approximate surface area is 495 Å². The van der Waals surface area contributed by atoms with Crippen molar-refractivity contribution >= 4 is 76.1 Å². The SMILES string of the molecule is CC(C)c1cccc(C(C)C)c1-c1cc(Oc2[c-]c3c(cc2)c2c4sc5ccccc5c4ccc2n3-c2cc(C(C)(C)C)ccn2)[c-]c(N2[CH-]N(c3c(-c4ccccc4)cc(C(C)(C)C)cc3-c3ccccc3)c3ccccc32)c1.[Pt]. The average molecular weight is 1250 g/mol. The molecule has 0 saturated carbocycles. The Balaban J connectivity index is 0.00000651. The van der Waals surface area contributed by atoms with E-state index in [2.05, 4.69) is 290 Å². The van der Waals surface area contributed by atoms with Crippen molar-refractivity contribution in [3.8, 4) is 50.7 Å². The third-order valence-electron chi connectivity index (χ3n) is 16.0. The molecular weight excluding hydrogens is 1190 g/mol. The minimum atomic E-state index is -0.102. The fourth-order valence-corrected chi connectivity index (χ4v) is 13.1. The first kappa shape index (κ1) is 53.9. The van der Waals surface area contributed by atoms with Gasteiger partial charge in [-0.3, -0.25) is 0 Å². The van der Waals surface area contributed by atoms with Crippen LogP contribution in [0.1, 0.15) is 103 Å². The molecule has 7 heteroatoms. The van der Waals surface area contributed by atoms with Crippen LogP contribution < -0.4 is 14.5 Å². The molecule has 0 aliphatic carbocycles. The topological polar surface area (TPSA) is 33.5 Å². The van der Waals surface area contributed by atoms with Crippen molar-refractivity contribution in [2.75, 3.05) is 9.80 Å². The van der Waals surface area contributed by atoms with Crippen molar-refractivity contribution in [2.24, 2.45) is 0 Å². The van der Waals surface area contributed by atoms with Gasteiger partial charge >= 0.3 is 0 Å². The molecule has 3 aromatic heterocycles. The Bertz CT molecular complexity index is 4260. The smallest absolute Gasteiger partial charge is 0.135 e. The Hall–Kier alpha value is -7.76. The fraction of sp³-hybridized carbons (Fsp3) is 0.189. The molecule has 0 radical (unpaired) electrons. The summed E-state index contributed by atoms with van der Waals surface area (Å²) in [5, 5.41) is 4.81. The first-order valence-electron chi connectivity index (χ1n) is 28.1. The minimum Gasteiger partial charge on any atom is -0.509 e. The van der Waals surface area contributed by atoms with Gasteiger partial charge in [0.2, 0.25) is 0 Å². The zero-order valence-corrected chi connectivity index (χ0v) is 50.7. The van der Waals surface area contributed by atoms with Crippen molar-refractivity contribution in [2.45, 2.75) is 91.9 Å². The number of thiophene rings is 1. The van der Waals surface area contributed by atoms with Gasteiger partial charge in [-0.2, -0.15) is 6.07 Å². The van der Waals surface area contributed by atoms with Gasteiger partial charge in [-0.15, -0.1) is 65.0 Å². The van der Waals surface area contributed by atoms with Crippen LogP contribution >= 0.6 is 11.3 Å². The van der Waals surface area contributed by atoms with Crippen molar-refractivity contribution in [3.63, 3.8) is 0 Å². The molecule has 5 nitrogen and oxygen atoms in total. The number of aromatic nitrogens is 2. The zero-order chi connectivity index (χ0) is 55.2. The standard InChI is InChI=1S/C74H65N4OS.Pt/c1-46(2)56-27-21-28-57(47(3)4)69(56)50-38-53(76-45-77(64-30-19-18-29-63(64)76)71-61(48-22-13-11-14-23-48)40-52(74(8,9)10)41-62(71)49-24-15-12-16-25-49)43-55(39-50)79-54-32-33-60-66(44-54)78(68-42-51(36-37-75-68)73(5,6)7)65-35-34-59-58-26-17-20-31-67(58)80-72(59)70(60)65;/h11-42,45-47H,1-10H3;/q-3;. The van der Waals surface area contributed by atoms with E-state index >= 15 is 0 Å². The van der Waals surface area contributed by atoms with E-state index in [4.69, 9.17) is 9.72 Å². The predicted molar refractivity (Wildman–Crippen MR) is 339 cm³/mol. The van der Waals surface area contributed by atoms with E-state index in [1.54, 1.807) is 0 Å². The van der Waals surface area contributed by atoms with Gasteiger partial charge in [0.15, 0.2) is 0 Å². The first-order chi connectivity index (χ1) is 38.6. The van der Waals surface area contributed by atoms with Gasteiger partial charge in [0.1, 0.15) is 5.82 Å². The fourth-order valence-electron chi connectivity index (χ4n) is 11.8. The van der Waals surface area contributed by atoms with Crippen LogP contribution in [0.4, 0.5) is 22.7 Å². The quantitative estimate of drug-likeness (QED) is 0.128. The second-order valence-electron chi connectivity index (χ2n) is 24.1. The Morgan fingerprint density at radius 3 is 1.78 bits per heavy atom. The van der Waals surface area contributed by atoms with E-state index in [0.29, 0.717) is 11.5 Å². The summed E-state index contributed by atoms with van der Waals surface area (Å²) in [7, 11) is 0. The van der Waals surface area contributed by atoms with Crippen molar-refractivity contribution in [3.05, 3.63) is 235 Å². The van der Waals surface area contributed by atoms with Crippen molar-refractivity contribution in [1.29, 1.82) is 0 Å². The van der Waals surface area contributed by atoms with E-state index in [9.17, 15) is 0 Å². The summed E-state index contributed by atoms with van der Waals surface area (Å²) >= 11 is 1.85. The number of fused-ring (bicyclic) bond motifs is 8. The van der Waals surface area contributed by atoms with Crippen LogP contribution in [0.15, 0.2) is 194 Å². The summed E-state index contributed by atoms with van der Waals surface area (Å²) in [4.78, 5) is 9.77. The summed E-state index contributed by atoms with van der Waals surface area (Å²) in [6.07, 6.45) is 1.94. The number of pyridine rings is 1. The van der Waals surface area contributed by atoms with Crippen LogP contribution in [-0.2, 0) is 31.9 Å². The van der Waals surface area contributed by atoms with Crippen LogP contribution in [0.2, 0.25) is 0 Å². The van der Waals surface area contributed by atoms with Gasteiger partial charge in [0, 0.05) is 92.6 Å². The molecule has 0 atom stereocenters. The second kappa shape index (κ2) is 21.0. The molecule has 0 bridgehead atoms. The Morgan fingerprint density at radius 1 is 0.531 bits per heavy atom. The molecule has 0 fully saturated rings. The number of para-hydroxylation sites is 2. The zero-order valence-electron chi connectivity index (χ0n) is 47.6. The Kier molecular flexibility index (Phi) is 13.9. The summed E-state index contributed by atoms with van der Waals surface area (Å²) in [6.45, 7) is 25.1. The number of ether oxygens (including phenoxy) is 1. The van der Waals surface area contributed by atoms with Crippen LogP contribution in [0.25, 0.3) is 81.2 Å². The van der Waals surface area contributed by atoms with Gasteiger partial charge in [-0.05, 0) is 116 Å². The third-order valence-corrected chi connectivity index (χ3v) is 17.2. The summed E-state index contributed by atoms with van der Waals surface area (Å²) in [5.41, 5.74) is 17.9. The maximum absolute atomic E-state index is 7.25. The third kappa shape index (κ3) is 9.64. The molecule has 12 aromatic rings. The van der Waals surface area contributed by atoms with E-state index in [0.717, 1.165) is 72.8 Å². The van der Waals surface area contributed by atoms with Crippen LogP contribution in [0, 0.1) is 18.8 Å². The van der Waals surface area contributed by atoms with Gasteiger partial charge in [-0.1, -0.05) is 190 Å². The molecular formula is C74H65N4OPtS-3. The minimum absolute atomic E-state index is 0. The van der Waals surface area contributed by atoms with Gasteiger partial charge in [-0.25, -0.2) is 4.98 Å². The Morgan fingerprint density at radius 2 is 1.14 bits per heavy atom. The maximum Gasteiger partial charge on any atom is 0.135 e. The number of hydrogen-bond donors (Lipinski definition) is 0. The molecule has 9 aromatic carbocycles. The van der Waals surface area contributed by atoms with Gasteiger partial charge in [0.25, 0.3) is 0 Å². The first-order valence-corrected chi connectivity index (χ1v) is 28.9. The number of benzene rings is 9. The largest absolute Gasteiger partial charge is 0.509 e. The molecule has 0 amide bonds.